The van der Waals surface area contributed by atoms with Gasteiger partial charge in [0.1, 0.15) is 0 Å². The van der Waals surface area contributed by atoms with Gasteiger partial charge in [-0.05, 0) is 31.6 Å². The summed E-state index contributed by atoms with van der Waals surface area (Å²) in [7, 11) is 0. The Kier molecular flexibility index (Phi) is 5.53. The molecule has 3 rings (SSSR count). The van der Waals surface area contributed by atoms with E-state index in [0.717, 1.165) is 57.2 Å². The van der Waals surface area contributed by atoms with E-state index in [4.69, 9.17) is 0 Å². The van der Waals surface area contributed by atoms with Crippen LogP contribution in [0.1, 0.15) is 39.5 Å². The molecule has 6 heteroatoms. The van der Waals surface area contributed by atoms with Gasteiger partial charge in [0.2, 0.25) is 11.9 Å². The van der Waals surface area contributed by atoms with Crippen LogP contribution in [0.15, 0.2) is 12.4 Å². The first-order chi connectivity index (χ1) is 11.6. The Hall–Kier alpha value is -1.85. The van der Waals surface area contributed by atoms with E-state index in [-0.39, 0.29) is 11.8 Å². The first-order valence-electron chi connectivity index (χ1n) is 9.23. The smallest absolute Gasteiger partial charge is 0.225 e. The highest BCUT2D eigenvalue weighted by Gasteiger charge is 2.25. The molecule has 0 atom stereocenters. The monoisotopic (exact) mass is 331 g/mol. The van der Waals surface area contributed by atoms with E-state index >= 15 is 0 Å². The predicted molar refractivity (Wildman–Crippen MR) is 96.3 cm³/mol. The normalized spacial score (nSPS) is 19.1. The lowest BCUT2D eigenvalue weighted by atomic mass is 9.95. The zero-order chi connectivity index (χ0) is 16.9. The van der Waals surface area contributed by atoms with Crippen molar-refractivity contribution >= 4 is 17.5 Å². The number of hydrogen-bond donors (Lipinski definition) is 1. The summed E-state index contributed by atoms with van der Waals surface area (Å²) in [4.78, 5) is 25.8. The van der Waals surface area contributed by atoms with Crippen LogP contribution in [0.4, 0.5) is 11.6 Å². The average molecular weight is 331 g/mol. The molecular weight excluding hydrogens is 302 g/mol. The van der Waals surface area contributed by atoms with Crippen molar-refractivity contribution in [2.45, 2.75) is 39.5 Å². The van der Waals surface area contributed by atoms with E-state index < -0.39 is 0 Å². The number of amides is 1. The van der Waals surface area contributed by atoms with Crippen LogP contribution in [0.2, 0.25) is 0 Å². The van der Waals surface area contributed by atoms with Crippen LogP contribution in [0.5, 0.6) is 0 Å². The zero-order valence-corrected chi connectivity index (χ0v) is 14.9. The lowest BCUT2D eigenvalue weighted by Crippen LogP contribution is -2.41. The number of aromatic nitrogens is 2. The fraction of sp³-hybridized carbons (Fsp3) is 0.722. The minimum atomic E-state index is 0.143. The SMILES string of the molecule is CC(C)CNC(=O)C1CCN(c2cnc(N3CCCC3)nc2)CC1. The summed E-state index contributed by atoms with van der Waals surface area (Å²) in [6.07, 6.45) is 8.13. The highest BCUT2D eigenvalue weighted by Crippen LogP contribution is 2.24. The summed E-state index contributed by atoms with van der Waals surface area (Å²) in [5.41, 5.74) is 1.07. The van der Waals surface area contributed by atoms with Crippen LogP contribution in [0, 0.1) is 11.8 Å². The van der Waals surface area contributed by atoms with Crippen molar-refractivity contribution < 1.29 is 4.79 Å². The maximum absolute atomic E-state index is 12.2. The van der Waals surface area contributed by atoms with Gasteiger partial charge in [-0.15, -0.1) is 0 Å². The Bertz CT molecular complexity index is 531. The quantitative estimate of drug-likeness (QED) is 0.895. The number of nitrogens with one attached hydrogen (secondary N) is 1. The molecule has 0 aromatic carbocycles. The van der Waals surface area contributed by atoms with Crippen molar-refractivity contribution in [2.24, 2.45) is 11.8 Å². The summed E-state index contributed by atoms with van der Waals surface area (Å²) in [5, 5.41) is 3.06. The first-order valence-corrected chi connectivity index (χ1v) is 9.23. The van der Waals surface area contributed by atoms with E-state index in [1.165, 1.54) is 12.8 Å². The molecule has 2 fully saturated rings. The topological polar surface area (TPSA) is 61.4 Å². The van der Waals surface area contributed by atoms with E-state index in [0.29, 0.717) is 5.92 Å². The van der Waals surface area contributed by atoms with Crippen molar-refractivity contribution in [1.82, 2.24) is 15.3 Å². The minimum absolute atomic E-state index is 0.143. The molecule has 0 spiro atoms. The molecule has 2 aliphatic rings. The molecule has 1 N–H and O–H groups in total. The Morgan fingerprint density at radius 1 is 1.12 bits per heavy atom. The van der Waals surface area contributed by atoms with E-state index in [1.54, 1.807) is 0 Å². The summed E-state index contributed by atoms with van der Waals surface area (Å²) >= 11 is 0. The van der Waals surface area contributed by atoms with Gasteiger partial charge >= 0.3 is 0 Å². The molecule has 0 saturated carbocycles. The van der Waals surface area contributed by atoms with Gasteiger partial charge < -0.3 is 15.1 Å². The van der Waals surface area contributed by atoms with Crippen molar-refractivity contribution in [3.8, 4) is 0 Å². The first kappa shape index (κ1) is 17.0. The lowest BCUT2D eigenvalue weighted by Gasteiger charge is -2.32. The summed E-state index contributed by atoms with van der Waals surface area (Å²) in [6, 6.07) is 0. The molecule has 1 aromatic rings. The molecule has 24 heavy (non-hydrogen) atoms. The molecule has 132 valence electrons. The van der Waals surface area contributed by atoms with E-state index in [1.807, 2.05) is 12.4 Å². The third-order valence-electron chi connectivity index (χ3n) is 4.93. The number of carbonyl (C=O) groups excluding carboxylic acids is 1. The number of nitrogens with zero attached hydrogens (tertiary/aromatic N) is 4. The third kappa shape index (κ3) is 4.16. The van der Waals surface area contributed by atoms with Gasteiger partial charge in [-0.1, -0.05) is 13.8 Å². The van der Waals surface area contributed by atoms with Crippen LogP contribution in [0.25, 0.3) is 0 Å². The largest absolute Gasteiger partial charge is 0.369 e. The van der Waals surface area contributed by atoms with Crippen molar-refractivity contribution in [1.29, 1.82) is 0 Å². The fourth-order valence-electron chi connectivity index (χ4n) is 3.41. The number of piperidine rings is 1. The molecule has 1 amide bonds. The van der Waals surface area contributed by atoms with Crippen LogP contribution >= 0.6 is 0 Å². The van der Waals surface area contributed by atoms with Crippen molar-refractivity contribution in [3.63, 3.8) is 0 Å². The lowest BCUT2D eigenvalue weighted by molar-refractivity contribution is -0.125. The third-order valence-corrected chi connectivity index (χ3v) is 4.93. The summed E-state index contributed by atoms with van der Waals surface area (Å²) in [5.74, 6) is 1.70. The molecule has 0 aliphatic carbocycles. The molecule has 0 radical (unpaired) electrons. The Labute approximate surface area is 144 Å². The van der Waals surface area contributed by atoms with Crippen LogP contribution in [-0.4, -0.2) is 48.6 Å². The zero-order valence-electron chi connectivity index (χ0n) is 14.9. The highest BCUT2D eigenvalue weighted by molar-refractivity contribution is 5.79. The Morgan fingerprint density at radius 3 is 2.33 bits per heavy atom. The minimum Gasteiger partial charge on any atom is -0.369 e. The number of hydrogen-bond acceptors (Lipinski definition) is 5. The molecule has 1 aromatic heterocycles. The maximum Gasteiger partial charge on any atom is 0.225 e. The number of rotatable bonds is 5. The van der Waals surface area contributed by atoms with E-state index in [9.17, 15) is 4.79 Å². The van der Waals surface area contributed by atoms with Gasteiger partial charge in [0.25, 0.3) is 0 Å². The van der Waals surface area contributed by atoms with Gasteiger partial charge in [-0.25, -0.2) is 9.97 Å². The maximum atomic E-state index is 12.2. The Balaban J connectivity index is 1.50. The molecule has 3 heterocycles. The predicted octanol–water partition coefficient (Wildman–Crippen LogP) is 2.07. The fourth-order valence-corrected chi connectivity index (χ4v) is 3.41. The van der Waals surface area contributed by atoms with Gasteiger partial charge in [-0.3, -0.25) is 4.79 Å². The van der Waals surface area contributed by atoms with Gasteiger partial charge in [0.05, 0.1) is 18.1 Å². The molecule has 2 saturated heterocycles. The van der Waals surface area contributed by atoms with Crippen molar-refractivity contribution in [3.05, 3.63) is 12.4 Å². The standard InChI is InChI=1S/C18H29N5O/c1-14(2)11-19-17(24)15-5-9-22(10-6-15)16-12-20-18(21-13-16)23-7-3-4-8-23/h12-15H,3-11H2,1-2H3,(H,19,24). The number of anilines is 2. The molecular formula is C18H29N5O. The van der Waals surface area contributed by atoms with Gasteiger partial charge in [0, 0.05) is 38.6 Å². The van der Waals surface area contributed by atoms with E-state index in [2.05, 4.69) is 38.9 Å². The second-order valence-corrected chi connectivity index (χ2v) is 7.34. The molecule has 2 aliphatic heterocycles. The summed E-state index contributed by atoms with van der Waals surface area (Å²) in [6.45, 7) is 8.93. The second kappa shape index (κ2) is 7.81. The van der Waals surface area contributed by atoms with Gasteiger partial charge in [0.15, 0.2) is 0 Å². The van der Waals surface area contributed by atoms with Crippen LogP contribution in [0.3, 0.4) is 0 Å². The molecule has 0 bridgehead atoms. The second-order valence-electron chi connectivity index (χ2n) is 7.34. The van der Waals surface area contributed by atoms with Crippen molar-refractivity contribution in [2.75, 3.05) is 42.5 Å². The molecule has 0 unspecified atom stereocenters. The number of carbonyl (C=O) groups is 1. The van der Waals surface area contributed by atoms with Crippen LogP contribution in [-0.2, 0) is 4.79 Å². The molecule has 6 nitrogen and oxygen atoms in total. The average Bonchev–Trinajstić information content (AvgIpc) is 3.14. The van der Waals surface area contributed by atoms with Gasteiger partial charge in [-0.2, -0.15) is 0 Å². The van der Waals surface area contributed by atoms with Crippen LogP contribution < -0.4 is 15.1 Å². The Morgan fingerprint density at radius 2 is 1.75 bits per heavy atom. The summed E-state index contributed by atoms with van der Waals surface area (Å²) < 4.78 is 0. The highest BCUT2D eigenvalue weighted by atomic mass is 16.1.